The fourth-order valence-electron chi connectivity index (χ4n) is 0.536. The predicted octanol–water partition coefficient (Wildman–Crippen LogP) is 1.13. The first-order chi connectivity index (χ1) is 5.39. The van der Waals surface area contributed by atoms with Crippen LogP contribution in [0.2, 0.25) is 0 Å². The maximum absolute atomic E-state index is 8.42. The lowest BCUT2D eigenvalue weighted by Gasteiger charge is -1.71. The normalized spacial score (nSPS) is 8.36. The highest BCUT2D eigenvalue weighted by molar-refractivity contribution is 5.06. The van der Waals surface area contributed by atoms with Gasteiger partial charge in [0.1, 0.15) is 0 Å². The third kappa shape index (κ3) is 3.10. The number of aromatic amines is 2. The van der Waals surface area contributed by atoms with Crippen molar-refractivity contribution >= 4 is 0 Å². The predicted molar refractivity (Wildman–Crippen MR) is 41.0 cm³/mol. The molecule has 0 atom stereocenters. The van der Waals surface area contributed by atoms with E-state index in [-0.39, 0.29) is 5.88 Å². The molecule has 11 heavy (non-hydrogen) atoms. The van der Waals surface area contributed by atoms with Crippen molar-refractivity contribution in [2.24, 2.45) is 0 Å². The summed E-state index contributed by atoms with van der Waals surface area (Å²) in [5, 5.41) is 8.42. The number of nitrogens with zero attached hydrogens (tertiary/aromatic N) is 1. The lowest BCUT2D eigenvalue weighted by atomic mass is 10.7. The SMILES string of the molecule is Oc1ccc[nH]1.c1c[nH]cn1. The van der Waals surface area contributed by atoms with Gasteiger partial charge in [0.05, 0.1) is 6.33 Å². The van der Waals surface area contributed by atoms with E-state index in [0.29, 0.717) is 0 Å². The Morgan fingerprint density at radius 3 is 2.45 bits per heavy atom. The van der Waals surface area contributed by atoms with Crippen LogP contribution in [0.1, 0.15) is 0 Å². The fraction of sp³-hybridized carbons (Fsp3) is 0. The fourth-order valence-corrected chi connectivity index (χ4v) is 0.536. The van der Waals surface area contributed by atoms with Crippen molar-refractivity contribution in [1.29, 1.82) is 0 Å². The number of imidazole rings is 1. The highest BCUT2D eigenvalue weighted by Crippen LogP contribution is 1.97. The van der Waals surface area contributed by atoms with Crippen molar-refractivity contribution in [2.75, 3.05) is 0 Å². The number of hydrogen-bond acceptors (Lipinski definition) is 2. The summed E-state index contributed by atoms with van der Waals surface area (Å²) >= 11 is 0. The van der Waals surface area contributed by atoms with Gasteiger partial charge in [0, 0.05) is 18.6 Å². The van der Waals surface area contributed by atoms with Gasteiger partial charge in [-0.25, -0.2) is 4.98 Å². The molecule has 0 unspecified atom stereocenters. The number of aromatic hydroxyl groups is 1. The van der Waals surface area contributed by atoms with Gasteiger partial charge in [0.15, 0.2) is 5.88 Å². The Morgan fingerprint density at radius 1 is 1.36 bits per heavy atom. The molecule has 2 aromatic heterocycles. The summed E-state index contributed by atoms with van der Waals surface area (Å²) in [6.45, 7) is 0. The number of H-pyrrole nitrogens is 2. The zero-order valence-electron chi connectivity index (χ0n) is 5.86. The highest BCUT2D eigenvalue weighted by atomic mass is 16.3. The molecular weight excluding hydrogens is 142 g/mol. The maximum Gasteiger partial charge on any atom is 0.188 e. The molecule has 0 saturated carbocycles. The van der Waals surface area contributed by atoms with E-state index in [1.54, 1.807) is 37.1 Å². The Balaban J connectivity index is 0.000000112. The second kappa shape index (κ2) is 4.16. The molecule has 2 aromatic rings. The Hall–Kier alpha value is -1.71. The lowest BCUT2D eigenvalue weighted by Crippen LogP contribution is -1.51. The van der Waals surface area contributed by atoms with E-state index in [2.05, 4.69) is 15.0 Å². The minimum Gasteiger partial charge on any atom is -0.495 e. The molecule has 0 fully saturated rings. The third-order valence-electron chi connectivity index (χ3n) is 0.987. The average Bonchev–Trinajstić information content (AvgIpc) is 2.57. The highest BCUT2D eigenvalue weighted by Gasteiger charge is 1.75. The summed E-state index contributed by atoms with van der Waals surface area (Å²) in [7, 11) is 0. The topological polar surface area (TPSA) is 64.7 Å². The van der Waals surface area contributed by atoms with Crippen LogP contribution in [0.25, 0.3) is 0 Å². The van der Waals surface area contributed by atoms with Crippen LogP contribution in [0.4, 0.5) is 0 Å². The lowest BCUT2D eigenvalue weighted by molar-refractivity contribution is 0.457. The number of hydrogen-bond donors (Lipinski definition) is 3. The molecule has 4 heteroatoms. The van der Waals surface area contributed by atoms with E-state index in [0.717, 1.165) is 0 Å². The van der Waals surface area contributed by atoms with Crippen molar-refractivity contribution in [1.82, 2.24) is 15.0 Å². The zero-order chi connectivity index (χ0) is 7.94. The Kier molecular flexibility index (Phi) is 2.80. The van der Waals surface area contributed by atoms with Crippen molar-refractivity contribution < 1.29 is 5.11 Å². The molecule has 0 spiro atoms. The molecule has 0 aromatic carbocycles. The first-order valence-corrected chi connectivity index (χ1v) is 3.14. The van der Waals surface area contributed by atoms with Crippen LogP contribution < -0.4 is 0 Å². The van der Waals surface area contributed by atoms with Gasteiger partial charge >= 0.3 is 0 Å². The summed E-state index contributed by atoms with van der Waals surface area (Å²) in [4.78, 5) is 8.97. The second-order valence-electron chi connectivity index (χ2n) is 1.82. The van der Waals surface area contributed by atoms with Crippen LogP contribution in [-0.2, 0) is 0 Å². The van der Waals surface area contributed by atoms with E-state index in [9.17, 15) is 0 Å². The van der Waals surface area contributed by atoms with Gasteiger partial charge in [-0.1, -0.05) is 0 Å². The monoisotopic (exact) mass is 151 g/mol. The Bertz CT molecular complexity index is 232. The van der Waals surface area contributed by atoms with Crippen LogP contribution >= 0.6 is 0 Å². The van der Waals surface area contributed by atoms with Gasteiger partial charge in [0.25, 0.3) is 0 Å². The van der Waals surface area contributed by atoms with E-state index in [1.165, 1.54) is 0 Å². The molecule has 0 aliphatic rings. The molecular formula is C7H9N3O. The molecule has 0 aliphatic carbocycles. The summed E-state index contributed by atoms with van der Waals surface area (Å²) in [5.41, 5.74) is 0. The standard InChI is InChI=1S/C4H5NO.C3H4N2/c6-4-2-1-3-5-4;1-2-5-3-4-1/h1-3,5-6H;1-3H,(H,4,5). The summed E-state index contributed by atoms with van der Waals surface area (Å²) in [6.07, 6.45) is 6.75. The Morgan fingerprint density at radius 2 is 2.27 bits per heavy atom. The smallest absolute Gasteiger partial charge is 0.188 e. The molecule has 2 heterocycles. The van der Waals surface area contributed by atoms with Crippen molar-refractivity contribution in [3.63, 3.8) is 0 Å². The summed E-state index contributed by atoms with van der Waals surface area (Å²) < 4.78 is 0. The molecule has 3 N–H and O–H groups in total. The van der Waals surface area contributed by atoms with Crippen molar-refractivity contribution in [2.45, 2.75) is 0 Å². The van der Waals surface area contributed by atoms with E-state index in [1.807, 2.05) is 0 Å². The molecule has 0 amide bonds. The number of rotatable bonds is 0. The molecule has 0 radical (unpaired) electrons. The minimum atomic E-state index is 0.218. The Labute approximate surface area is 63.9 Å². The molecule has 2 rings (SSSR count). The van der Waals surface area contributed by atoms with Gasteiger partial charge in [0.2, 0.25) is 0 Å². The van der Waals surface area contributed by atoms with E-state index < -0.39 is 0 Å². The minimum absolute atomic E-state index is 0.218. The maximum atomic E-state index is 8.42. The zero-order valence-corrected chi connectivity index (χ0v) is 5.86. The van der Waals surface area contributed by atoms with Gasteiger partial charge in [-0.05, 0) is 12.1 Å². The molecule has 4 nitrogen and oxygen atoms in total. The van der Waals surface area contributed by atoms with Crippen LogP contribution in [0.5, 0.6) is 5.88 Å². The van der Waals surface area contributed by atoms with Crippen LogP contribution in [0, 0.1) is 0 Å². The number of nitrogens with one attached hydrogen (secondary N) is 2. The number of aromatic nitrogens is 3. The van der Waals surface area contributed by atoms with Crippen LogP contribution in [-0.4, -0.2) is 20.1 Å². The average molecular weight is 151 g/mol. The van der Waals surface area contributed by atoms with Crippen molar-refractivity contribution in [3.8, 4) is 5.88 Å². The van der Waals surface area contributed by atoms with E-state index >= 15 is 0 Å². The molecule has 0 bridgehead atoms. The quantitative estimate of drug-likeness (QED) is 0.528. The summed E-state index contributed by atoms with van der Waals surface area (Å²) in [6, 6.07) is 3.31. The van der Waals surface area contributed by atoms with Gasteiger partial charge in [-0.3, -0.25) is 0 Å². The largest absolute Gasteiger partial charge is 0.495 e. The van der Waals surface area contributed by atoms with Gasteiger partial charge in [-0.15, -0.1) is 0 Å². The molecule has 0 saturated heterocycles. The first kappa shape index (κ1) is 7.40. The second-order valence-corrected chi connectivity index (χ2v) is 1.82. The van der Waals surface area contributed by atoms with Crippen LogP contribution in [0.15, 0.2) is 37.1 Å². The first-order valence-electron chi connectivity index (χ1n) is 3.14. The molecule has 58 valence electrons. The van der Waals surface area contributed by atoms with Crippen LogP contribution in [0.3, 0.4) is 0 Å². The van der Waals surface area contributed by atoms with Crippen molar-refractivity contribution in [3.05, 3.63) is 37.1 Å². The molecule has 0 aliphatic heterocycles. The van der Waals surface area contributed by atoms with Gasteiger partial charge < -0.3 is 15.1 Å². The van der Waals surface area contributed by atoms with Gasteiger partial charge in [-0.2, -0.15) is 0 Å². The summed E-state index contributed by atoms with van der Waals surface area (Å²) in [5.74, 6) is 0.218. The van der Waals surface area contributed by atoms with E-state index in [4.69, 9.17) is 5.11 Å². The third-order valence-corrected chi connectivity index (χ3v) is 0.987.